The van der Waals surface area contributed by atoms with E-state index in [4.69, 9.17) is 4.98 Å². The Morgan fingerprint density at radius 1 is 1.03 bits per heavy atom. The third-order valence-electron chi connectivity index (χ3n) is 7.76. The van der Waals surface area contributed by atoms with Gasteiger partial charge in [-0.2, -0.15) is 0 Å². The molecule has 2 amide bonds. The smallest absolute Gasteiger partial charge is 0.268 e. The highest BCUT2D eigenvalue weighted by molar-refractivity contribution is 7.16. The summed E-state index contributed by atoms with van der Waals surface area (Å²) in [6.07, 6.45) is 4.52. The number of anilines is 1. The van der Waals surface area contributed by atoms with Crippen LogP contribution >= 0.6 is 11.3 Å². The van der Waals surface area contributed by atoms with Crippen LogP contribution in [-0.4, -0.2) is 45.1 Å². The predicted octanol–water partition coefficient (Wildman–Crippen LogP) is 5.52. The van der Waals surface area contributed by atoms with Gasteiger partial charge in [0.25, 0.3) is 5.91 Å². The average Bonchev–Trinajstić information content (AvgIpc) is 3.65. The van der Waals surface area contributed by atoms with Gasteiger partial charge in [-0.05, 0) is 60.6 Å². The Bertz CT molecular complexity index is 1550. The van der Waals surface area contributed by atoms with Gasteiger partial charge in [0.1, 0.15) is 0 Å². The number of rotatable bonds is 7. The van der Waals surface area contributed by atoms with Crippen molar-refractivity contribution in [1.82, 2.24) is 14.5 Å². The van der Waals surface area contributed by atoms with Crippen LogP contribution in [0, 0.1) is 5.41 Å². The Morgan fingerprint density at radius 2 is 1.76 bits per heavy atom. The van der Waals surface area contributed by atoms with Crippen molar-refractivity contribution >= 4 is 45.9 Å². The lowest BCUT2D eigenvalue weighted by Gasteiger charge is -2.46. The van der Waals surface area contributed by atoms with Crippen LogP contribution in [0.4, 0.5) is 5.95 Å². The molecule has 0 bridgehead atoms. The van der Waals surface area contributed by atoms with Gasteiger partial charge in [0, 0.05) is 25.6 Å². The molecule has 1 spiro atoms. The summed E-state index contributed by atoms with van der Waals surface area (Å²) in [5.74, 6) is 0.221. The highest BCUT2D eigenvalue weighted by atomic mass is 32.1. The molecule has 192 valence electrons. The number of nitrogens with one attached hydrogen (secondary N) is 1. The van der Waals surface area contributed by atoms with E-state index in [-0.39, 0.29) is 29.1 Å². The minimum Gasteiger partial charge on any atom is -0.339 e. The maximum absolute atomic E-state index is 13.2. The molecule has 0 atom stereocenters. The van der Waals surface area contributed by atoms with Crippen molar-refractivity contribution < 1.29 is 14.4 Å². The van der Waals surface area contributed by atoms with Gasteiger partial charge in [0.2, 0.25) is 11.9 Å². The van der Waals surface area contributed by atoms with Gasteiger partial charge in [0.15, 0.2) is 5.78 Å². The van der Waals surface area contributed by atoms with Crippen LogP contribution in [0.1, 0.15) is 50.2 Å². The first kappa shape index (κ1) is 24.3. The van der Waals surface area contributed by atoms with E-state index >= 15 is 0 Å². The fourth-order valence-electron chi connectivity index (χ4n) is 5.85. The SMILES string of the molecule is C=CC(=O)N1CCC2(CC(n3c(NC(=O)c4ccc(C(=O)Cc5ccccc5)s4)nc4ccccc43)C2)C1. The average molecular weight is 525 g/mol. The van der Waals surface area contributed by atoms with E-state index in [1.165, 1.54) is 17.4 Å². The van der Waals surface area contributed by atoms with Gasteiger partial charge in [-0.3, -0.25) is 19.7 Å². The summed E-state index contributed by atoms with van der Waals surface area (Å²) in [7, 11) is 0. The topological polar surface area (TPSA) is 84.3 Å². The molecule has 0 radical (unpaired) electrons. The lowest BCUT2D eigenvalue weighted by molar-refractivity contribution is -0.125. The largest absolute Gasteiger partial charge is 0.339 e. The highest BCUT2D eigenvalue weighted by Crippen LogP contribution is 2.55. The van der Waals surface area contributed by atoms with E-state index in [1.54, 1.807) is 12.1 Å². The predicted molar refractivity (Wildman–Crippen MR) is 149 cm³/mol. The molecule has 4 aromatic rings. The number of ketones is 1. The fourth-order valence-corrected chi connectivity index (χ4v) is 6.69. The molecule has 3 heterocycles. The first-order valence-corrected chi connectivity index (χ1v) is 13.6. The van der Waals surface area contributed by atoms with Gasteiger partial charge in [-0.15, -0.1) is 11.3 Å². The summed E-state index contributed by atoms with van der Waals surface area (Å²) in [6, 6.07) is 21.1. The molecule has 2 aromatic heterocycles. The highest BCUT2D eigenvalue weighted by Gasteiger charge is 2.50. The number of carbonyl (C=O) groups excluding carboxylic acids is 3. The summed E-state index contributed by atoms with van der Waals surface area (Å²) >= 11 is 1.20. The molecule has 1 aliphatic heterocycles. The van der Waals surface area contributed by atoms with Crippen molar-refractivity contribution in [3.8, 4) is 0 Å². The third kappa shape index (κ3) is 4.45. The minimum atomic E-state index is -0.275. The van der Waals surface area contributed by atoms with Crippen LogP contribution in [0.25, 0.3) is 11.0 Å². The molecule has 8 heteroatoms. The summed E-state index contributed by atoms with van der Waals surface area (Å²) in [6.45, 7) is 5.13. The molecule has 2 aromatic carbocycles. The van der Waals surface area contributed by atoms with Gasteiger partial charge in [-0.1, -0.05) is 49.0 Å². The van der Waals surface area contributed by atoms with Crippen molar-refractivity contribution in [3.05, 3.63) is 94.7 Å². The maximum Gasteiger partial charge on any atom is 0.268 e. The summed E-state index contributed by atoms with van der Waals surface area (Å²) < 4.78 is 2.13. The summed E-state index contributed by atoms with van der Waals surface area (Å²) in [5, 5.41) is 3.02. The monoisotopic (exact) mass is 524 g/mol. The minimum absolute atomic E-state index is 0.00667. The molecule has 2 fully saturated rings. The normalized spacial score (nSPS) is 20.4. The van der Waals surface area contributed by atoms with Crippen LogP contribution in [0.3, 0.4) is 0 Å². The van der Waals surface area contributed by atoms with Crippen LogP contribution in [0.5, 0.6) is 0 Å². The zero-order chi connectivity index (χ0) is 26.3. The van der Waals surface area contributed by atoms with Crippen LogP contribution in [0.2, 0.25) is 0 Å². The molecular formula is C30H28N4O3S. The van der Waals surface area contributed by atoms with Gasteiger partial charge < -0.3 is 9.47 Å². The lowest BCUT2D eigenvalue weighted by atomic mass is 9.65. The van der Waals surface area contributed by atoms with Crippen molar-refractivity contribution in [2.24, 2.45) is 5.41 Å². The van der Waals surface area contributed by atoms with Gasteiger partial charge >= 0.3 is 0 Å². The Balaban J connectivity index is 1.19. The molecule has 38 heavy (non-hydrogen) atoms. The zero-order valence-corrected chi connectivity index (χ0v) is 21.7. The van der Waals surface area contributed by atoms with Crippen molar-refractivity contribution in [3.63, 3.8) is 0 Å². The molecule has 1 saturated heterocycles. The molecule has 0 unspecified atom stereocenters. The molecule has 1 aliphatic carbocycles. The molecule has 1 N–H and O–H groups in total. The number of hydrogen-bond acceptors (Lipinski definition) is 5. The fraction of sp³-hybridized carbons (Fsp3) is 0.267. The van der Waals surface area contributed by atoms with E-state index in [1.807, 2.05) is 59.5 Å². The molecular weight excluding hydrogens is 496 g/mol. The zero-order valence-electron chi connectivity index (χ0n) is 20.9. The van der Waals surface area contributed by atoms with E-state index in [2.05, 4.69) is 16.5 Å². The van der Waals surface area contributed by atoms with Crippen molar-refractivity contribution in [2.45, 2.75) is 31.7 Å². The number of carbonyl (C=O) groups is 3. The van der Waals surface area contributed by atoms with E-state index in [0.29, 0.717) is 22.1 Å². The quantitative estimate of drug-likeness (QED) is 0.255. The number of imidazole rings is 1. The number of likely N-dealkylation sites (tertiary alicyclic amines) is 1. The lowest BCUT2D eigenvalue weighted by Crippen LogP contribution is -2.42. The van der Waals surface area contributed by atoms with Crippen LogP contribution in [-0.2, 0) is 11.2 Å². The molecule has 7 nitrogen and oxygen atoms in total. The van der Waals surface area contributed by atoms with Gasteiger partial charge in [-0.25, -0.2) is 4.98 Å². The van der Waals surface area contributed by atoms with Crippen LogP contribution < -0.4 is 5.32 Å². The Labute approximate surface area is 224 Å². The number of amides is 2. The first-order chi connectivity index (χ1) is 18.4. The number of para-hydroxylation sites is 2. The van der Waals surface area contributed by atoms with Crippen molar-refractivity contribution in [2.75, 3.05) is 18.4 Å². The van der Waals surface area contributed by atoms with Gasteiger partial charge in [0.05, 0.1) is 20.8 Å². The Kier molecular flexibility index (Phi) is 6.19. The number of aromatic nitrogens is 2. The van der Waals surface area contributed by atoms with E-state index < -0.39 is 0 Å². The van der Waals surface area contributed by atoms with Crippen LogP contribution in [0.15, 0.2) is 79.4 Å². The standard InChI is InChI=1S/C30H28N4O3S/c1-2-27(36)33-15-14-30(19-33)17-21(18-30)34-23-11-7-6-10-22(23)31-29(34)32-28(37)26-13-12-25(38-26)24(35)16-20-8-4-3-5-9-20/h2-13,21H,1,14-19H2,(H,31,32,37). The summed E-state index contributed by atoms with van der Waals surface area (Å²) in [5.41, 5.74) is 2.86. The number of fused-ring (bicyclic) bond motifs is 1. The maximum atomic E-state index is 13.2. The number of hydrogen-bond donors (Lipinski definition) is 1. The second kappa shape index (κ2) is 9.68. The number of nitrogens with zero attached hydrogens (tertiary/aromatic N) is 3. The second-order valence-electron chi connectivity index (χ2n) is 10.3. The molecule has 6 rings (SSSR count). The number of thiophene rings is 1. The third-order valence-corrected chi connectivity index (χ3v) is 8.89. The molecule has 2 aliphatic rings. The van der Waals surface area contributed by atoms with E-state index in [9.17, 15) is 14.4 Å². The Morgan fingerprint density at radius 3 is 2.55 bits per heavy atom. The molecule has 1 saturated carbocycles. The number of benzene rings is 2. The van der Waals surface area contributed by atoms with E-state index in [0.717, 1.165) is 48.9 Å². The summed E-state index contributed by atoms with van der Waals surface area (Å²) in [4.78, 5) is 45.8. The first-order valence-electron chi connectivity index (χ1n) is 12.8. The second-order valence-corrected chi connectivity index (χ2v) is 11.4. The van der Waals surface area contributed by atoms with Crippen molar-refractivity contribution in [1.29, 1.82) is 0 Å². The number of Topliss-reactive ketones (excluding diaryl/α,β-unsaturated/α-hetero) is 1. The Hall–Kier alpha value is -4.04.